The number of aliphatic hydroxyl groups is 1. The zero-order valence-corrected chi connectivity index (χ0v) is 33.6. The first-order chi connectivity index (χ1) is 25.6. The lowest BCUT2D eigenvalue weighted by Crippen LogP contribution is -2.37. The molecule has 3 aliphatic rings. The number of ketones is 1. The molecule has 9 rings (SSSR count). The average molecular weight is 806 g/mol. The summed E-state index contributed by atoms with van der Waals surface area (Å²) < 4.78 is 14.1. The quantitative estimate of drug-likeness (QED) is 0.187. The number of thiophene rings is 2. The van der Waals surface area contributed by atoms with Gasteiger partial charge in [-0.05, 0) is 37.5 Å². The molecule has 1 saturated carbocycles. The Morgan fingerprint density at radius 3 is 2.02 bits per heavy atom. The minimum atomic E-state index is -0.417. The number of aliphatic hydroxyl groups excluding tert-OH is 1. The number of rotatable bonds is 4. The molecule has 7 heterocycles. The van der Waals surface area contributed by atoms with E-state index in [1.165, 1.54) is 28.2 Å². The Kier molecular flexibility index (Phi) is 13.1. The Hall–Kier alpha value is -4.31. The summed E-state index contributed by atoms with van der Waals surface area (Å²) in [6.07, 6.45) is 10.4. The van der Waals surface area contributed by atoms with Crippen LogP contribution in [0.1, 0.15) is 65.9 Å². The normalized spacial score (nSPS) is 17.1. The molecule has 55 heavy (non-hydrogen) atoms. The molecule has 0 amide bonds. The number of nitrogens with zero attached hydrogens (tertiary/aromatic N) is 7. The highest BCUT2D eigenvalue weighted by molar-refractivity contribution is 7.25. The van der Waals surface area contributed by atoms with Gasteiger partial charge in [-0.15, -0.1) is 35.1 Å². The van der Waals surface area contributed by atoms with Gasteiger partial charge in [0.25, 0.3) is 5.56 Å². The number of carbonyl (C=O) groups excluding carboxylic acids is 1. The summed E-state index contributed by atoms with van der Waals surface area (Å²) >= 11 is 2.87. The summed E-state index contributed by atoms with van der Waals surface area (Å²) in [4.78, 5) is 51.0. The molecule has 6 aromatic rings. The molecule has 12 nitrogen and oxygen atoms in total. The summed E-state index contributed by atoms with van der Waals surface area (Å²) in [6.45, 7) is 3.38. The molecule has 15 heteroatoms. The first-order valence-corrected chi connectivity index (χ1v) is 19.2. The summed E-state index contributed by atoms with van der Waals surface area (Å²) in [7, 11) is 8.96. The lowest BCUT2D eigenvalue weighted by molar-refractivity contribution is -0.181. The van der Waals surface area contributed by atoms with Gasteiger partial charge in [0.1, 0.15) is 14.4 Å². The van der Waals surface area contributed by atoms with Crippen molar-refractivity contribution in [1.82, 2.24) is 19.5 Å². The number of aromatic nitrogens is 4. The maximum absolute atomic E-state index is 13.2. The van der Waals surface area contributed by atoms with E-state index in [0.717, 1.165) is 81.4 Å². The second-order valence-electron chi connectivity index (χ2n) is 13.7. The summed E-state index contributed by atoms with van der Waals surface area (Å²) in [5.41, 5.74) is 5.78. The molecular weight excluding hydrogens is 758 g/mol. The second kappa shape index (κ2) is 17.2. The smallest absolute Gasteiger partial charge is 0.271 e. The van der Waals surface area contributed by atoms with E-state index in [0.29, 0.717) is 22.8 Å². The van der Waals surface area contributed by atoms with Crippen LogP contribution in [0, 0.1) is 6.92 Å². The van der Waals surface area contributed by atoms with Gasteiger partial charge < -0.3 is 24.4 Å². The number of fused-ring (bicyclic) bond motifs is 6. The van der Waals surface area contributed by atoms with Crippen LogP contribution in [0.3, 0.4) is 0 Å². The Bertz CT molecular complexity index is 2370. The lowest BCUT2D eigenvalue weighted by atomic mass is 9.90. The molecule has 1 N–H and O–H groups in total. The standard InChI is InChI=1S/C19H22N4O3S.C19H17N3OS.CH4O.CH4.ClH/c1-22(2)13-5-8-20-17-14(13)15-16(27-17)18(24)23(11-21-15)12-3-6-19(7-4-12)25-9-10-26-19;1-11-4-6-12(7-5-11)13-10-21-16-15-14(22(2)3)8-9-20-19(15)24-18(16)17(13)23;1-2;;/h5,8,11-12H,3-4,6-7,9-10H2,1-2H3;4-10,13H,1-3H3;2H,1H3;1H4;1H. The monoisotopic (exact) mass is 805 g/mol. The number of benzene rings is 1. The van der Waals surface area contributed by atoms with Gasteiger partial charge in [0.05, 0.1) is 63.7 Å². The second-order valence-corrected chi connectivity index (χ2v) is 15.7. The van der Waals surface area contributed by atoms with Crippen molar-refractivity contribution in [3.05, 3.63) is 81.5 Å². The highest BCUT2D eigenvalue weighted by atomic mass is 35.5. The molecule has 0 radical (unpaired) electrons. The van der Waals surface area contributed by atoms with E-state index in [2.05, 4.69) is 19.9 Å². The van der Waals surface area contributed by atoms with Gasteiger partial charge >= 0.3 is 0 Å². The number of halogens is 1. The van der Waals surface area contributed by atoms with Crippen molar-refractivity contribution in [2.24, 2.45) is 4.99 Å². The molecule has 2 aliphatic heterocycles. The average Bonchev–Trinajstić information content (AvgIpc) is 3.90. The number of hydrogen-bond acceptors (Lipinski definition) is 13. The van der Waals surface area contributed by atoms with Gasteiger partial charge in [0, 0.05) is 72.8 Å². The number of hydrogen-bond donors (Lipinski definition) is 1. The van der Waals surface area contributed by atoms with Crippen LogP contribution >= 0.6 is 35.1 Å². The fraction of sp³-hybridized carbons (Fsp3) is 0.400. The van der Waals surface area contributed by atoms with Gasteiger partial charge in [-0.1, -0.05) is 37.3 Å². The van der Waals surface area contributed by atoms with Gasteiger partial charge in [-0.25, -0.2) is 15.0 Å². The van der Waals surface area contributed by atoms with Crippen molar-refractivity contribution >= 4 is 94.8 Å². The molecule has 1 aliphatic carbocycles. The van der Waals surface area contributed by atoms with Gasteiger partial charge in [0.15, 0.2) is 11.6 Å². The van der Waals surface area contributed by atoms with Gasteiger partial charge in [-0.2, -0.15) is 0 Å². The van der Waals surface area contributed by atoms with Gasteiger partial charge in [-0.3, -0.25) is 19.1 Å². The van der Waals surface area contributed by atoms with Crippen LogP contribution in [0.15, 0.2) is 64.9 Å². The maximum atomic E-state index is 13.2. The highest BCUT2D eigenvalue weighted by Gasteiger charge is 2.41. The van der Waals surface area contributed by atoms with Crippen LogP contribution in [-0.2, 0) is 9.47 Å². The number of aryl methyl sites for hydroxylation is 1. The molecule has 1 spiro atoms. The van der Waals surface area contributed by atoms with E-state index in [4.69, 9.17) is 14.6 Å². The molecule has 2 fully saturated rings. The number of pyridine rings is 2. The molecular formula is C40H48ClN7O5S2. The predicted octanol–water partition coefficient (Wildman–Crippen LogP) is 7.95. The van der Waals surface area contributed by atoms with Crippen molar-refractivity contribution < 1.29 is 19.4 Å². The van der Waals surface area contributed by atoms with E-state index >= 15 is 0 Å². The number of Topliss-reactive ketones (excluding diaryl/α,β-unsaturated/α-hetero) is 1. The molecule has 1 unspecified atom stereocenters. The number of anilines is 2. The highest BCUT2D eigenvalue weighted by Crippen LogP contribution is 2.46. The maximum Gasteiger partial charge on any atom is 0.271 e. The third-order valence-corrected chi connectivity index (χ3v) is 12.2. The molecule has 5 aromatic heterocycles. The Labute approximate surface area is 334 Å². The minimum absolute atomic E-state index is 0. The van der Waals surface area contributed by atoms with Gasteiger partial charge in [0.2, 0.25) is 0 Å². The van der Waals surface area contributed by atoms with E-state index in [1.807, 2.05) is 81.3 Å². The van der Waals surface area contributed by atoms with E-state index in [9.17, 15) is 9.59 Å². The fourth-order valence-corrected chi connectivity index (χ4v) is 9.46. The van der Waals surface area contributed by atoms with E-state index < -0.39 is 5.79 Å². The number of ether oxygens (including phenoxy) is 2. The van der Waals surface area contributed by atoms with E-state index in [1.54, 1.807) is 29.5 Å². The third-order valence-electron chi connectivity index (χ3n) is 10.0. The van der Waals surface area contributed by atoms with Crippen LogP contribution in [0.2, 0.25) is 0 Å². The minimum Gasteiger partial charge on any atom is -0.400 e. The fourth-order valence-electron chi connectivity index (χ4n) is 7.31. The first-order valence-electron chi connectivity index (χ1n) is 17.6. The molecule has 1 aromatic carbocycles. The largest absolute Gasteiger partial charge is 0.400 e. The number of carbonyl (C=O) groups is 1. The molecule has 1 atom stereocenters. The summed E-state index contributed by atoms with van der Waals surface area (Å²) in [6, 6.07) is 12.1. The van der Waals surface area contributed by atoms with Crippen molar-refractivity contribution in [1.29, 1.82) is 0 Å². The predicted molar refractivity (Wildman–Crippen MR) is 228 cm³/mol. The zero-order valence-electron chi connectivity index (χ0n) is 31.1. The van der Waals surface area contributed by atoms with Crippen molar-refractivity contribution in [2.45, 2.75) is 57.8 Å². The third kappa shape index (κ3) is 7.76. The zero-order chi connectivity index (χ0) is 37.4. The van der Waals surface area contributed by atoms with Crippen molar-refractivity contribution in [2.75, 3.05) is 58.3 Å². The van der Waals surface area contributed by atoms with Crippen LogP contribution in [0.4, 0.5) is 17.1 Å². The Balaban J connectivity index is 0.000000196. The lowest BCUT2D eigenvalue weighted by Gasteiger charge is -2.35. The summed E-state index contributed by atoms with van der Waals surface area (Å²) in [5, 5.41) is 8.93. The molecule has 0 bridgehead atoms. The Morgan fingerprint density at radius 1 is 0.836 bits per heavy atom. The van der Waals surface area contributed by atoms with Crippen LogP contribution in [0.5, 0.6) is 0 Å². The molecule has 1 saturated heterocycles. The topological polar surface area (TPSA) is 135 Å². The van der Waals surface area contributed by atoms with Crippen LogP contribution in [0.25, 0.3) is 30.6 Å². The van der Waals surface area contributed by atoms with Crippen LogP contribution < -0.4 is 15.4 Å². The van der Waals surface area contributed by atoms with Crippen molar-refractivity contribution in [3.63, 3.8) is 0 Å². The first kappa shape index (κ1) is 41.8. The van der Waals surface area contributed by atoms with Crippen molar-refractivity contribution in [3.8, 4) is 0 Å². The van der Waals surface area contributed by atoms with E-state index in [-0.39, 0.29) is 43.1 Å². The van der Waals surface area contributed by atoms with Crippen LogP contribution in [-0.4, -0.2) is 90.9 Å². The SMILES string of the molecule is C.CN(C)c1ccnc2sc3c(=O)n(C4CCC5(CC4)OCCO5)cnc3c12.CO.Cc1ccc(C2C=Nc3c(sc4nccc(N(C)C)c34)C2=O)cc1.Cl. The Morgan fingerprint density at radius 2 is 1.42 bits per heavy atom. The molecule has 292 valence electrons. The number of aliphatic imine (C=N–C) groups is 1. The summed E-state index contributed by atoms with van der Waals surface area (Å²) in [5.74, 6) is -0.620.